The molecule has 3 aromatic carbocycles. The molecule has 180 valence electrons. The maximum absolute atomic E-state index is 13.1. The van der Waals surface area contributed by atoms with Crippen LogP contribution in [0.1, 0.15) is 17.5 Å². The molecule has 0 aliphatic rings. The van der Waals surface area contributed by atoms with Crippen molar-refractivity contribution in [3.8, 4) is 17.2 Å². The largest absolute Gasteiger partial charge is 0.495 e. The number of rotatable bonds is 10. The number of nitrogens with one attached hydrogen (secondary N) is 2. The van der Waals surface area contributed by atoms with Crippen LogP contribution in [0.4, 0.5) is 11.4 Å². The fourth-order valence-corrected chi connectivity index (χ4v) is 4.76. The Labute approximate surface area is 199 Å². The van der Waals surface area contributed by atoms with E-state index in [1.165, 1.54) is 13.2 Å². The van der Waals surface area contributed by atoms with Crippen LogP contribution in [0.5, 0.6) is 17.2 Å². The van der Waals surface area contributed by atoms with Crippen molar-refractivity contribution in [1.29, 1.82) is 0 Å². The van der Waals surface area contributed by atoms with Gasteiger partial charge in [0.15, 0.2) is 11.5 Å². The molecule has 0 fully saturated rings. The van der Waals surface area contributed by atoms with Crippen LogP contribution in [-0.4, -0.2) is 35.7 Å². The third kappa shape index (κ3) is 5.99. The van der Waals surface area contributed by atoms with Gasteiger partial charge in [0.05, 0.1) is 31.9 Å². The lowest BCUT2D eigenvalue weighted by Crippen LogP contribution is -2.16. The van der Waals surface area contributed by atoms with Crippen LogP contribution in [0, 0.1) is 6.92 Å². The highest BCUT2D eigenvalue weighted by atomic mass is 32.2. The molecule has 0 spiro atoms. The second-order valence-electron chi connectivity index (χ2n) is 7.52. The quantitative estimate of drug-likeness (QED) is 0.442. The third-order valence-corrected chi connectivity index (χ3v) is 6.71. The smallest absolute Gasteiger partial charge is 0.262 e. The molecule has 0 aliphatic heterocycles. The zero-order chi connectivity index (χ0) is 24.7. The van der Waals surface area contributed by atoms with Gasteiger partial charge in [0, 0.05) is 12.1 Å². The lowest BCUT2D eigenvalue weighted by Gasteiger charge is -2.14. The Morgan fingerprint density at radius 1 is 0.853 bits per heavy atom. The van der Waals surface area contributed by atoms with E-state index < -0.39 is 10.0 Å². The molecule has 0 atom stereocenters. The van der Waals surface area contributed by atoms with Crippen LogP contribution >= 0.6 is 0 Å². The maximum atomic E-state index is 13.1. The van der Waals surface area contributed by atoms with Crippen molar-refractivity contribution in [2.75, 3.05) is 31.4 Å². The van der Waals surface area contributed by atoms with Gasteiger partial charge in [-0.1, -0.05) is 24.3 Å². The number of benzene rings is 3. The summed E-state index contributed by atoms with van der Waals surface area (Å²) in [6.07, 6.45) is 0.698. The summed E-state index contributed by atoms with van der Waals surface area (Å²) in [6, 6.07) is 17.0. The van der Waals surface area contributed by atoms with Crippen LogP contribution in [0.25, 0.3) is 0 Å². The highest BCUT2D eigenvalue weighted by Crippen LogP contribution is 2.29. The average molecular weight is 485 g/mol. The number of anilines is 2. The van der Waals surface area contributed by atoms with Gasteiger partial charge in [-0.05, 0) is 60.9 Å². The molecular weight excluding hydrogens is 456 g/mol. The van der Waals surface area contributed by atoms with Gasteiger partial charge < -0.3 is 19.5 Å². The summed E-state index contributed by atoms with van der Waals surface area (Å²) in [7, 11) is 0.675. The minimum absolute atomic E-state index is 0.0658. The van der Waals surface area contributed by atoms with Gasteiger partial charge in [-0.2, -0.15) is 0 Å². The molecule has 0 aliphatic carbocycles. The number of amides is 1. The molecule has 2 N–H and O–H groups in total. The number of sulfonamides is 1. The fraction of sp³-hybridized carbons (Fsp3) is 0.240. The highest BCUT2D eigenvalue weighted by molar-refractivity contribution is 7.92. The minimum Gasteiger partial charge on any atom is -0.495 e. The van der Waals surface area contributed by atoms with E-state index in [2.05, 4.69) is 10.0 Å². The van der Waals surface area contributed by atoms with E-state index in [9.17, 15) is 13.2 Å². The Morgan fingerprint density at radius 2 is 1.56 bits per heavy atom. The molecule has 0 unspecified atom stereocenters. The topological polar surface area (TPSA) is 103 Å². The summed E-state index contributed by atoms with van der Waals surface area (Å²) >= 11 is 0. The number of para-hydroxylation sites is 2. The first kappa shape index (κ1) is 24.9. The summed E-state index contributed by atoms with van der Waals surface area (Å²) in [5.74, 6) is 1.38. The van der Waals surface area contributed by atoms with Crippen molar-refractivity contribution in [3.05, 3.63) is 71.8 Å². The van der Waals surface area contributed by atoms with Crippen molar-refractivity contribution in [1.82, 2.24) is 0 Å². The van der Waals surface area contributed by atoms with Gasteiger partial charge in [-0.25, -0.2) is 8.42 Å². The number of carbonyl (C=O) groups is 1. The summed E-state index contributed by atoms with van der Waals surface area (Å²) in [5, 5.41) is 2.78. The Kier molecular flexibility index (Phi) is 8.01. The minimum atomic E-state index is -3.91. The number of hydrogen-bond donors (Lipinski definition) is 2. The Hall–Kier alpha value is -3.72. The number of methoxy groups -OCH3 is 3. The molecule has 0 saturated carbocycles. The molecule has 0 bridgehead atoms. The number of ether oxygens (including phenoxy) is 3. The number of aryl methyl sites for hydroxylation is 2. The monoisotopic (exact) mass is 484 g/mol. The number of carbonyl (C=O) groups excluding carboxylic acids is 1. The highest BCUT2D eigenvalue weighted by Gasteiger charge is 2.20. The van der Waals surface area contributed by atoms with E-state index in [0.29, 0.717) is 40.6 Å². The third-order valence-electron chi connectivity index (χ3n) is 5.20. The van der Waals surface area contributed by atoms with Gasteiger partial charge in [-0.15, -0.1) is 0 Å². The van der Waals surface area contributed by atoms with E-state index in [4.69, 9.17) is 14.2 Å². The van der Waals surface area contributed by atoms with Gasteiger partial charge >= 0.3 is 0 Å². The Balaban J connectivity index is 1.71. The van der Waals surface area contributed by atoms with Crippen molar-refractivity contribution in [2.45, 2.75) is 24.7 Å². The zero-order valence-electron chi connectivity index (χ0n) is 19.5. The molecule has 0 saturated heterocycles. The van der Waals surface area contributed by atoms with Gasteiger partial charge in [-0.3, -0.25) is 9.52 Å². The van der Waals surface area contributed by atoms with E-state index >= 15 is 0 Å². The standard InChI is InChI=1S/C25H28N2O6S/c1-17-9-12-19(16-24(17)34(29,30)27-20-7-5-6-8-21(20)31-2)26-25(28)14-11-18-10-13-22(32-3)23(15-18)33-4/h5-10,12-13,15-16,27H,11,14H2,1-4H3,(H,26,28). The predicted molar refractivity (Wildman–Crippen MR) is 131 cm³/mol. The van der Waals surface area contributed by atoms with Crippen LogP contribution < -0.4 is 24.2 Å². The molecule has 3 aromatic rings. The normalized spacial score (nSPS) is 10.9. The molecular formula is C25H28N2O6S. The first-order valence-electron chi connectivity index (χ1n) is 10.5. The molecule has 8 nitrogen and oxygen atoms in total. The SMILES string of the molecule is COc1ccccc1NS(=O)(=O)c1cc(NC(=O)CCc2ccc(OC)c(OC)c2)ccc1C. The van der Waals surface area contributed by atoms with E-state index in [1.54, 1.807) is 63.6 Å². The van der Waals surface area contributed by atoms with E-state index in [0.717, 1.165) is 5.56 Å². The molecule has 0 aromatic heterocycles. The first-order chi connectivity index (χ1) is 16.3. The summed E-state index contributed by atoms with van der Waals surface area (Å²) in [5.41, 5.74) is 2.18. The zero-order valence-corrected chi connectivity index (χ0v) is 20.4. The average Bonchev–Trinajstić information content (AvgIpc) is 2.83. The second kappa shape index (κ2) is 10.9. The predicted octanol–water partition coefficient (Wildman–Crippen LogP) is 4.39. The van der Waals surface area contributed by atoms with Crippen LogP contribution in [-0.2, 0) is 21.2 Å². The summed E-state index contributed by atoms with van der Waals surface area (Å²) in [4.78, 5) is 12.6. The van der Waals surface area contributed by atoms with Crippen LogP contribution in [0.15, 0.2) is 65.6 Å². The van der Waals surface area contributed by atoms with Crippen LogP contribution in [0.2, 0.25) is 0 Å². The van der Waals surface area contributed by atoms with Crippen molar-refractivity contribution >= 4 is 27.3 Å². The Morgan fingerprint density at radius 3 is 2.26 bits per heavy atom. The number of hydrogen-bond acceptors (Lipinski definition) is 6. The van der Waals surface area contributed by atoms with Gasteiger partial charge in [0.25, 0.3) is 10.0 Å². The summed E-state index contributed by atoms with van der Waals surface area (Å²) < 4.78 is 44.4. The second-order valence-corrected chi connectivity index (χ2v) is 9.17. The summed E-state index contributed by atoms with van der Waals surface area (Å²) in [6.45, 7) is 1.69. The molecule has 0 radical (unpaired) electrons. The maximum Gasteiger partial charge on any atom is 0.262 e. The van der Waals surface area contributed by atoms with Gasteiger partial charge in [0.1, 0.15) is 5.75 Å². The van der Waals surface area contributed by atoms with Gasteiger partial charge in [0.2, 0.25) is 5.91 Å². The van der Waals surface area contributed by atoms with E-state index in [-0.39, 0.29) is 17.2 Å². The molecule has 3 rings (SSSR count). The van der Waals surface area contributed by atoms with Crippen molar-refractivity contribution < 1.29 is 27.4 Å². The lowest BCUT2D eigenvalue weighted by atomic mass is 10.1. The molecule has 0 heterocycles. The van der Waals surface area contributed by atoms with Crippen LogP contribution in [0.3, 0.4) is 0 Å². The van der Waals surface area contributed by atoms with Crippen molar-refractivity contribution in [2.24, 2.45) is 0 Å². The fourth-order valence-electron chi connectivity index (χ4n) is 3.41. The van der Waals surface area contributed by atoms with Crippen molar-refractivity contribution in [3.63, 3.8) is 0 Å². The molecule has 1 amide bonds. The van der Waals surface area contributed by atoms with E-state index in [1.807, 2.05) is 12.1 Å². The molecule has 9 heteroatoms. The lowest BCUT2D eigenvalue weighted by molar-refractivity contribution is -0.116. The molecule has 34 heavy (non-hydrogen) atoms. The Bertz CT molecular complexity index is 1270. The first-order valence-corrected chi connectivity index (χ1v) is 12.0.